The van der Waals surface area contributed by atoms with E-state index in [-0.39, 0.29) is 18.1 Å². The predicted octanol–water partition coefficient (Wildman–Crippen LogP) is 1.64. The highest BCUT2D eigenvalue weighted by atomic mass is 16.5. The summed E-state index contributed by atoms with van der Waals surface area (Å²) in [5, 5.41) is 11.7. The van der Waals surface area contributed by atoms with Crippen LogP contribution in [-0.2, 0) is 16.1 Å². The number of ether oxygens (including phenoxy) is 2. The fourth-order valence-corrected chi connectivity index (χ4v) is 4.20. The van der Waals surface area contributed by atoms with Crippen molar-refractivity contribution in [2.24, 2.45) is 0 Å². The standard InChI is InChI=1S/C24H28N4O3/c25-12-19-6-8-21(9-7-19)30-11-10-26-24(29)18-28-16-22-14-27(15-23(17-28)31-22)13-20-4-2-1-3-5-20/h1-9,22-23H,10-11,13-18H2,(H,26,29). The third-order valence-electron chi connectivity index (χ3n) is 5.52. The van der Waals surface area contributed by atoms with Crippen molar-refractivity contribution in [3.63, 3.8) is 0 Å². The van der Waals surface area contributed by atoms with Crippen molar-refractivity contribution in [2.45, 2.75) is 18.8 Å². The first-order chi connectivity index (χ1) is 15.2. The Hall–Kier alpha value is -2.92. The fraction of sp³-hybridized carbons (Fsp3) is 0.417. The van der Waals surface area contributed by atoms with Gasteiger partial charge in [0.1, 0.15) is 12.4 Å². The Balaban J connectivity index is 1.15. The molecule has 1 N–H and O–H groups in total. The summed E-state index contributed by atoms with van der Waals surface area (Å²) < 4.78 is 11.7. The van der Waals surface area contributed by atoms with E-state index in [0.29, 0.717) is 31.0 Å². The molecule has 31 heavy (non-hydrogen) atoms. The second kappa shape index (κ2) is 10.4. The Labute approximate surface area is 183 Å². The number of fused-ring (bicyclic) bond motifs is 2. The molecule has 7 nitrogen and oxygen atoms in total. The van der Waals surface area contributed by atoms with E-state index in [1.54, 1.807) is 24.3 Å². The van der Waals surface area contributed by atoms with Gasteiger partial charge in [-0.3, -0.25) is 14.6 Å². The van der Waals surface area contributed by atoms with Crippen LogP contribution in [0.15, 0.2) is 54.6 Å². The van der Waals surface area contributed by atoms with Gasteiger partial charge in [0.2, 0.25) is 5.91 Å². The summed E-state index contributed by atoms with van der Waals surface area (Å²) in [6.45, 7) is 5.49. The van der Waals surface area contributed by atoms with Gasteiger partial charge in [-0.05, 0) is 29.8 Å². The molecule has 2 unspecified atom stereocenters. The first-order valence-corrected chi connectivity index (χ1v) is 10.7. The van der Waals surface area contributed by atoms with E-state index in [4.69, 9.17) is 14.7 Å². The van der Waals surface area contributed by atoms with Crippen LogP contribution >= 0.6 is 0 Å². The van der Waals surface area contributed by atoms with Gasteiger partial charge in [0, 0.05) is 32.7 Å². The molecule has 0 radical (unpaired) electrons. The Kier molecular flexibility index (Phi) is 7.15. The third kappa shape index (κ3) is 6.28. The van der Waals surface area contributed by atoms with Gasteiger partial charge in [-0.15, -0.1) is 0 Å². The largest absolute Gasteiger partial charge is 0.492 e. The highest BCUT2D eigenvalue weighted by Gasteiger charge is 2.35. The minimum Gasteiger partial charge on any atom is -0.492 e. The van der Waals surface area contributed by atoms with Gasteiger partial charge in [-0.2, -0.15) is 5.26 Å². The highest BCUT2D eigenvalue weighted by Crippen LogP contribution is 2.20. The van der Waals surface area contributed by atoms with Crippen molar-refractivity contribution >= 4 is 5.91 Å². The maximum absolute atomic E-state index is 12.3. The van der Waals surface area contributed by atoms with Crippen LogP contribution in [-0.4, -0.2) is 73.8 Å². The second-order valence-corrected chi connectivity index (χ2v) is 8.09. The zero-order valence-electron chi connectivity index (χ0n) is 17.6. The minimum atomic E-state index is 0.00421. The molecule has 4 rings (SSSR count). The summed E-state index contributed by atoms with van der Waals surface area (Å²) in [5.41, 5.74) is 1.92. The first kappa shape index (κ1) is 21.3. The molecule has 7 heteroatoms. The van der Waals surface area contributed by atoms with E-state index in [1.807, 2.05) is 6.07 Å². The van der Waals surface area contributed by atoms with Crippen LogP contribution in [0.5, 0.6) is 5.75 Å². The molecular weight excluding hydrogens is 392 g/mol. The molecular formula is C24H28N4O3. The van der Waals surface area contributed by atoms with E-state index in [9.17, 15) is 4.79 Å². The molecule has 2 fully saturated rings. The van der Waals surface area contributed by atoms with E-state index in [2.05, 4.69) is 45.5 Å². The number of benzene rings is 2. The lowest BCUT2D eigenvalue weighted by Crippen LogP contribution is -2.60. The molecule has 0 aliphatic carbocycles. The van der Waals surface area contributed by atoms with Crippen molar-refractivity contribution in [1.82, 2.24) is 15.1 Å². The summed E-state index contributed by atoms with van der Waals surface area (Å²) >= 11 is 0. The molecule has 2 bridgehead atoms. The topological polar surface area (TPSA) is 77.8 Å². The predicted molar refractivity (Wildman–Crippen MR) is 116 cm³/mol. The van der Waals surface area contributed by atoms with Crippen LogP contribution in [0.1, 0.15) is 11.1 Å². The fourth-order valence-electron chi connectivity index (χ4n) is 4.20. The lowest BCUT2D eigenvalue weighted by atomic mass is 10.1. The van der Waals surface area contributed by atoms with Gasteiger partial charge >= 0.3 is 0 Å². The normalized spacial score (nSPS) is 21.3. The quantitative estimate of drug-likeness (QED) is 0.655. The number of nitrogens with zero attached hydrogens (tertiary/aromatic N) is 3. The molecule has 2 aromatic carbocycles. The van der Waals surface area contributed by atoms with Crippen LogP contribution < -0.4 is 10.1 Å². The number of amides is 1. The van der Waals surface area contributed by atoms with Gasteiger partial charge in [0.15, 0.2) is 0 Å². The van der Waals surface area contributed by atoms with Crippen molar-refractivity contribution in [3.05, 3.63) is 65.7 Å². The maximum Gasteiger partial charge on any atom is 0.234 e. The first-order valence-electron chi connectivity index (χ1n) is 10.7. The molecule has 1 amide bonds. The Morgan fingerprint density at radius 1 is 1.03 bits per heavy atom. The summed E-state index contributed by atoms with van der Waals surface area (Å²) in [7, 11) is 0. The second-order valence-electron chi connectivity index (χ2n) is 8.09. The van der Waals surface area contributed by atoms with Gasteiger partial charge in [-0.1, -0.05) is 30.3 Å². The number of carbonyl (C=O) groups excluding carboxylic acids is 1. The van der Waals surface area contributed by atoms with Gasteiger partial charge in [0.25, 0.3) is 0 Å². The molecule has 0 aromatic heterocycles. The van der Waals surface area contributed by atoms with E-state index in [0.717, 1.165) is 32.7 Å². The summed E-state index contributed by atoms with van der Waals surface area (Å²) in [4.78, 5) is 17.0. The van der Waals surface area contributed by atoms with Crippen LogP contribution in [0.2, 0.25) is 0 Å². The maximum atomic E-state index is 12.3. The van der Waals surface area contributed by atoms with Crippen LogP contribution in [0, 0.1) is 11.3 Å². The van der Waals surface area contributed by atoms with Crippen LogP contribution in [0.25, 0.3) is 0 Å². The molecule has 2 aliphatic heterocycles. The molecule has 2 heterocycles. The van der Waals surface area contributed by atoms with Gasteiger partial charge in [0.05, 0.1) is 36.9 Å². The monoisotopic (exact) mass is 420 g/mol. The molecule has 2 aromatic rings. The Morgan fingerprint density at radius 2 is 1.71 bits per heavy atom. The Bertz CT molecular complexity index is 883. The summed E-state index contributed by atoms with van der Waals surface area (Å²) in [6, 6.07) is 19.5. The number of nitrogens with one attached hydrogen (secondary N) is 1. The van der Waals surface area contributed by atoms with E-state index >= 15 is 0 Å². The van der Waals surface area contributed by atoms with Crippen molar-refractivity contribution in [3.8, 4) is 11.8 Å². The summed E-state index contributed by atoms with van der Waals surface area (Å²) in [6.07, 6.45) is 0.285. The third-order valence-corrected chi connectivity index (χ3v) is 5.52. The van der Waals surface area contributed by atoms with Crippen LogP contribution in [0.3, 0.4) is 0 Å². The average Bonchev–Trinajstić information content (AvgIpc) is 2.77. The molecule has 0 saturated carbocycles. The van der Waals surface area contributed by atoms with Crippen molar-refractivity contribution in [1.29, 1.82) is 5.26 Å². The zero-order valence-corrected chi connectivity index (χ0v) is 17.6. The van der Waals surface area contributed by atoms with E-state index < -0.39 is 0 Å². The lowest BCUT2D eigenvalue weighted by molar-refractivity contribution is -0.146. The smallest absolute Gasteiger partial charge is 0.234 e. The van der Waals surface area contributed by atoms with Crippen molar-refractivity contribution < 1.29 is 14.3 Å². The lowest BCUT2D eigenvalue weighted by Gasteiger charge is -2.45. The number of hydrogen-bond acceptors (Lipinski definition) is 6. The van der Waals surface area contributed by atoms with Crippen LogP contribution in [0.4, 0.5) is 0 Å². The summed E-state index contributed by atoms with van der Waals surface area (Å²) in [5.74, 6) is 0.693. The van der Waals surface area contributed by atoms with Gasteiger partial charge in [-0.25, -0.2) is 0 Å². The number of nitriles is 1. The van der Waals surface area contributed by atoms with E-state index in [1.165, 1.54) is 5.56 Å². The molecule has 2 atom stereocenters. The highest BCUT2D eigenvalue weighted by molar-refractivity contribution is 5.78. The molecule has 0 spiro atoms. The minimum absolute atomic E-state index is 0.00421. The van der Waals surface area contributed by atoms with Gasteiger partial charge < -0.3 is 14.8 Å². The number of morpholine rings is 2. The average molecular weight is 421 g/mol. The molecule has 2 saturated heterocycles. The molecule has 2 aliphatic rings. The number of hydrogen-bond donors (Lipinski definition) is 1. The zero-order chi connectivity index (χ0) is 21.5. The number of rotatable bonds is 8. The molecule has 162 valence electrons. The SMILES string of the molecule is N#Cc1ccc(OCCNC(=O)CN2CC3CN(Cc4ccccc4)CC(C2)O3)cc1. The Morgan fingerprint density at radius 3 is 2.39 bits per heavy atom. The number of carbonyl (C=O) groups is 1. The van der Waals surface area contributed by atoms with Crippen molar-refractivity contribution in [2.75, 3.05) is 45.9 Å².